The molecular weight excluding hydrogens is 620 g/mol. The van der Waals surface area contributed by atoms with Crippen molar-refractivity contribution in [1.29, 1.82) is 0 Å². The SMILES string of the molecule is COc1ccc(C(NC(=O)Cc2ccc3oc(C(c4c(C)noc4C)N4CC(NC(=O)OC(C)(C)C)C4)cc3c2)c2ccccc2)c(C)c1. The van der Waals surface area contributed by atoms with Crippen LogP contribution in [0.5, 0.6) is 5.75 Å². The van der Waals surface area contributed by atoms with Crippen LogP contribution in [0.25, 0.3) is 11.0 Å². The molecule has 0 bridgehead atoms. The van der Waals surface area contributed by atoms with E-state index in [1.54, 1.807) is 7.11 Å². The van der Waals surface area contributed by atoms with Crippen molar-refractivity contribution in [3.05, 3.63) is 118 Å². The molecule has 256 valence electrons. The van der Waals surface area contributed by atoms with Crippen LogP contribution in [-0.2, 0) is 16.0 Å². The molecule has 5 aromatic rings. The van der Waals surface area contributed by atoms with Gasteiger partial charge in [0, 0.05) is 24.0 Å². The highest BCUT2D eigenvalue weighted by atomic mass is 16.6. The molecule has 3 heterocycles. The van der Waals surface area contributed by atoms with Crippen LogP contribution in [0.2, 0.25) is 0 Å². The van der Waals surface area contributed by atoms with Crippen molar-refractivity contribution in [2.24, 2.45) is 0 Å². The Labute approximate surface area is 286 Å². The number of hydrogen-bond acceptors (Lipinski definition) is 8. The lowest BCUT2D eigenvalue weighted by Crippen LogP contribution is -2.60. The summed E-state index contributed by atoms with van der Waals surface area (Å²) >= 11 is 0. The minimum absolute atomic E-state index is 0.0614. The van der Waals surface area contributed by atoms with Crippen molar-refractivity contribution >= 4 is 23.0 Å². The number of rotatable bonds is 10. The molecule has 49 heavy (non-hydrogen) atoms. The first kappa shape index (κ1) is 33.8. The van der Waals surface area contributed by atoms with Gasteiger partial charge in [-0.1, -0.05) is 47.6 Å². The summed E-state index contributed by atoms with van der Waals surface area (Å²) in [5.41, 5.74) is 5.78. The van der Waals surface area contributed by atoms with E-state index in [0.29, 0.717) is 18.8 Å². The van der Waals surface area contributed by atoms with E-state index in [1.165, 1.54) is 0 Å². The van der Waals surface area contributed by atoms with Gasteiger partial charge in [-0.15, -0.1) is 0 Å². The lowest BCUT2D eigenvalue weighted by atomic mass is 9.94. The lowest BCUT2D eigenvalue weighted by molar-refractivity contribution is -0.120. The molecule has 10 heteroatoms. The van der Waals surface area contributed by atoms with Crippen molar-refractivity contribution < 1.29 is 28.0 Å². The van der Waals surface area contributed by atoms with Crippen LogP contribution in [0.4, 0.5) is 4.79 Å². The zero-order valence-corrected chi connectivity index (χ0v) is 29.1. The number of alkyl carbamates (subject to hydrolysis) is 1. The number of nitrogens with zero attached hydrogens (tertiary/aromatic N) is 2. The Morgan fingerprint density at radius 3 is 2.41 bits per heavy atom. The maximum absolute atomic E-state index is 13.6. The third-order valence-corrected chi connectivity index (χ3v) is 8.82. The fourth-order valence-electron chi connectivity index (χ4n) is 6.51. The molecule has 0 saturated carbocycles. The topological polar surface area (TPSA) is 119 Å². The maximum Gasteiger partial charge on any atom is 0.407 e. The number of likely N-dealkylation sites (tertiary alicyclic amines) is 1. The number of aromatic nitrogens is 1. The number of carbonyl (C=O) groups excluding carboxylic acids is 2. The van der Waals surface area contributed by atoms with Gasteiger partial charge in [-0.2, -0.15) is 0 Å². The number of benzene rings is 3. The van der Waals surface area contributed by atoms with Crippen LogP contribution >= 0.6 is 0 Å². The Kier molecular flexibility index (Phi) is 9.52. The smallest absolute Gasteiger partial charge is 0.407 e. The number of carbonyl (C=O) groups is 2. The Hall–Kier alpha value is -5.09. The van der Waals surface area contributed by atoms with Gasteiger partial charge in [-0.3, -0.25) is 9.69 Å². The molecule has 2 aromatic heterocycles. The van der Waals surface area contributed by atoms with Gasteiger partial charge in [-0.25, -0.2) is 4.79 Å². The fourth-order valence-corrected chi connectivity index (χ4v) is 6.51. The third kappa shape index (κ3) is 7.65. The van der Waals surface area contributed by atoms with Crippen LogP contribution in [-0.4, -0.2) is 53.9 Å². The molecule has 2 atom stereocenters. The molecule has 6 rings (SSSR count). The maximum atomic E-state index is 13.6. The van der Waals surface area contributed by atoms with Gasteiger partial charge in [-0.05, 0) is 94.1 Å². The average Bonchev–Trinajstić information content (AvgIpc) is 3.60. The molecule has 3 aromatic carbocycles. The first-order chi connectivity index (χ1) is 23.4. The number of fused-ring (bicyclic) bond motifs is 1. The number of aryl methyl sites for hydroxylation is 3. The predicted octanol–water partition coefficient (Wildman–Crippen LogP) is 7.10. The van der Waals surface area contributed by atoms with Crippen molar-refractivity contribution in [3.8, 4) is 5.75 Å². The number of ether oxygens (including phenoxy) is 2. The van der Waals surface area contributed by atoms with Gasteiger partial charge >= 0.3 is 6.09 Å². The number of amides is 2. The second kappa shape index (κ2) is 13.8. The summed E-state index contributed by atoms with van der Waals surface area (Å²) in [6.45, 7) is 12.6. The minimum atomic E-state index is -0.570. The van der Waals surface area contributed by atoms with E-state index < -0.39 is 11.7 Å². The number of hydrogen-bond donors (Lipinski definition) is 2. The second-order valence-corrected chi connectivity index (χ2v) is 13.8. The first-order valence-corrected chi connectivity index (χ1v) is 16.6. The van der Waals surface area contributed by atoms with Gasteiger partial charge in [0.2, 0.25) is 5.91 Å². The number of methoxy groups -OCH3 is 1. The monoisotopic (exact) mass is 664 g/mol. The van der Waals surface area contributed by atoms with E-state index in [-0.39, 0.29) is 30.5 Å². The van der Waals surface area contributed by atoms with Gasteiger partial charge in [0.15, 0.2) is 0 Å². The molecule has 1 saturated heterocycles. The van der Waals surface area contributed by atoms with E-state index in [0.717, 1.165) is 56.0 Å². The van der Waals surface area contributed by atoms with Crippen molar-refractivity contribution in [1.82, 2.24) is 20.7 Å². The van der Waals surface area contributed by atoms with E-state index >= 15 is 0 Å². The molecule has 10 nitrogen and oxygen atoms in total. The van der Waals surface area contributed by atoms with Crippen molar-refractivity contribution in [3.63, 3.8) is 0 Å². The highest BCUT2D eigenvalue weighted by Crippen LogP contribution is 2.39. The van der Waals surface area contributed by atoms with E-state index in [9.17, 15) is 9.59 Å². The van der Waals surface area contributed by atoms with Crippen LogP contribution in [0.15, 0.2) is 81.7 Å². The molecule has 2 amide bonds. The second-order valence-electron chi connectivity index (χ2n) is 13.8. The highest BCUT2D eigenvalue weighted by molar-refractivity contribution is 5.83. The van der Waals surface area contributed by atoms with E-state index in [4.69, 9.17) is 18.4 Å². The van der Waals surface area contributed by atoms with E-state index in [1.807, 2.05) is 114 Å². The Morgan fingerprint density at radius 2 is 1.76 bits per heavy atom. The summed E-state index contributed by atoms with van der Waals surface area (Å²) in [6.07, 6.45) is -0.229. The predicted molar refractivity (Wildman–Crippen MR) is 187 cm³/mol. The Balaban J connectivity index is 1.21. The summed E-state index contributed by atoms with van der Waals surface area (Å²) in [5.74, 6) is 2.13. The molecule has 1 fully saturated rings. The Morgan fingerprint density at radius 1 is 1.00 bits per heavy atom. The fraction of sp³-hybridized carbons (Fsp3) is 0.359. The molecule has 0 radical (unpaired) electrons. The zero-order chi connectivity index (χ0) is 34.9. The molecule has 1 aliphatic heterocycles. The number of nitrogens with one attached hydrogen (secondary N) is 2. The zero-order valence-electron chi connectivity index (χ0n) is 29.1. The lowest BCUT2D eigenvalue weighted by Gasteiger charge is -2.43. The summed E-state index contributed by atoms with van der Waals surface area (Å²) in [7, 11) is 1.65. The largest absolute Gasteiger partial charge is 0.497 e. The van der Waals surface area contributed by atoms with Crippen LogP contribution in [0, 0.1) is 20.8 Å². The van der Waals surface area contributed by atoms with Gasteiger partial charge in [0.1, 0.15) is 28.5 Å². The van der Waals surface area contributed by atoms with Gasteiger partial charge < -0.3 is 29.0 Å². The summed E-state index contributed by atoms with van der Waals surface area (Å²) in [6, 6.07) is 23.1. The quantitative estimate of drug-likeness (QED) is 0.162. The third-order valence-electron chi connectivity index (χ3n) is 8.82. The van der Waals surface area contributed by atoms with Gasteiger partial charge in [0.05, 0.1) is 37.4 Å². The van der Waals surface area contributed by atoms with Crippen LogP contribution in [0.3, 0.4) is 0 Å². The molecule has 2 unspecified atom stereocenters. The van der Waals surface area contributed by atoms with Crippen molar-refractivity contribution in [2.75, 3.05) is 20.2 Å². The summed E-state index contributed by atoms with van der Waals surface area (Å²) < 4.78 is 22.9. The summed E-state index contributed by atoms with van der Waals surface area (Å²) in [4.78, 5) is 28.2. The van der Waals surface area contributed by atoms with Gasteiger partial charge in [0.25, 0.3) is 0 Å². The van der Waals surface area contributed by atoms with Crippen LogP contribution < -0.4 is 15.4 Å². The van der Waals surface area contributed by atoms with E-state index in [2.05, 4.69) is 20.7 Å². The normalized spacial score (nSPS) is 15.0. The minimum Gasteiger partial charge on any atom is -0.497 e. The standard InChI is InChI=1S/C39H44N4O6/c1-23-17-30(46-7)14-15-31(23)36(27-11-9-8-10-12-27)41-34(44)19-26-13-16-32-28(18-26)20-33(47-32)37(35-24(2)42-49-25(35)3)43-21-29(22-43)40-38(45)48-39(4,5)6/h8-18,20,29,36-37H,19,21-22H2,1-7H3,(H,40,45)(H,41,44). The molecular formula is C39H44N4O6. The highest BCUT2D eigenvalue weighted by Gasteiger charge is 2.39. The van der Waals surface area contributed by atoms with Crippen molar-refractivity contribution in [2.45, 2.75) is 71.7 Å². The average molecular weight is 665 g/mol. The molecule has 2 N–H and O–H groups in total. The van der Waals surface area contributed by atoms with Crippen LogP contribution in [0.1, 0.15) is 77.9 Å². The number of furan rings is 1. The Bertz CT molecular complexity index is 1930. The molecule has 0 aliphatic carbocycles. The summed E-state index contributed by atoms with van der Waals surface area (Å²) in [5, 5.41) is 11.3. The molecule has 0 spiro atoms. The first-order valence-electron chi connectivity index (χ1n) is 16.6. The molecule has 1 aliphatic rings.